The zero-order valence-electron chi connectivity index (χ0n) is 7.61. The minimum absolute atomic E-state index is 0.748. The van der Waals surface area contributed by atoms with Crippen LogP contribution in [0.4, 0.5) is 0 Å². The summed E-state index contributed by atoms with van der Waals surface area (Å²) in [5.41, 5.74) is 0.941. The van der Waals surface area contributed by atoms with Gasteiger partial charge in [-0.05, 0) is 45.6 Å². The van der Waals surface area contributed by atoms with Gasteiger partial charge in [-0.1, -0.05) is 11.6 Å². The fourth-order valence-corrected chi connectivity index (χ4v) is 2.28. The molecule has 0 saturated carbocycles. The van der Waals surface area contributed by atoms with Gasteiger partial charge in [-0.2, -0.15) is 0 Å². The highest BCUT2D eigenvalue weighted by molar-refractivity contribution is 9.10. The van der Waals surface area contributed by atoms with Crippen LogP contribution in [-0.4, -0.2) is 9.38 Å². The standard InChI is InChI=1S/C11H6BrClN2/c12-10-6-14-11-9-2-1-8(13)5-7(9)3-4-15(10)11/h1-6H. The molecule has 0 aliphatic heterocycles. The molecule has 0 atom stereocenters. The number of imidazole rings is 1. The topological polar surface area (TPSA) is 17.3 Å². The first-order chi connectivity index (χ1) is 7.25. The molecule has 0 amide bonds. The molecule has 3 rings (SSSR count). The molecular weight excluding hydrogens is 275 g/mol. The summed E-state index contributed by atoms with van der Waals surface area (Å²) >= 11 is 9.38. The van der Waals surface area contributed by atoms with Gasteiger partial charge in [-0.3, -0.25) is 4.40 Å². The Hall–Kier alpha value is -1.06. The Morgan fingerprint density at radius 2 is 2.13 bits per heavy atom. The van der Waals surface area contributed by atoms with E-state index in [0.29, 0.717) is 0 Å². The molecule has 2 heterocycles. The summed E-state index contributed by atoms with van der Waals surface area (Å²) in [6.45, 7) is 0. The Morgan fingerprint density at radius 3 is 3.00 bits per heavy atom. The second-order valence-corrected chi connectivity index (χ2v) is 4.57. The lowest BCUT2D eigenvalue weighted by atomic mass is 10.2. The largest absolute Gasteiger partial charge is 0.294 e. The average molecular weight is 282 g/mol. The van der Waals surface area contributed by atoms with Crippen LogP contribution in [0.1, 0.15) is 0 Å². The number of nitrogens with zero attached hydrogens (tertiary/aromatic N) is 2. The molecule has 0 aliphatic carbocycles. The normalized spacial score (nSPS) is 11.3. The summed E-state index contributed by atoms with van der Waals surface area (Å²) in [5.74, 6) is 0. The van der Waals surface area contributed by atoms with Crippen LogP contribution in [0.25, 0.3) is 16.4 Å². The lowest BCUT2D eigenvalue weighted by Gasteiger charge is -2.01. The molecule has 0 unspecified atom stereocenters. The van der Waals surface area contributed by atoms with E-state index in [1.165, 1.54) is 0 Å². The van der Waals surface area contributed by atoms with E-state index in [9.17, 15) is 0 Å². The number of fused-ring (bicyclic) bond motifs is 3. The van der Waals surface area contributed by atoms with E-state index in [1.807, 2.05) is 34.9 Å². The molecule has 2 aromatic heterocycles. The second-order valence-electron chi connectivity index (χ2n) is 3.32. The molecule has 74 valence electrons. The van der Waals surface area contributed by atoms with Crippen LogP contribution in [0.15, 0.2) is 41.3 Å². The van der Waals surface area contributed by atoms with Crippen molar-refractivity contribution in [3.63, 3.8) is 0 Å². The van der Waals surface area contributed by atoms with Crippen LogP contribution in [0, 0.1) is 0 Å². The molecule has 1 aromatic carbocycles. The second kappa shape index (κ2) is 3.22. The molecule has 3 aromatic rings. The van der Waals surface area contributed by atoms with Gasteiger partial charge < -0.3 is 0 Å². The molecule has 0 bridgehead atoms. The first-order valence-corrected chi connectivity index (χ1v) is 5.63. The van der Waals surface area contributed by atoms with Crippen molar-refractivity contribution in [1.29, 1.82) is 0 Å². The number of rotatable bonds is 0. The van der Waals surface area contributed by atoms with Crippen molar-refractivity contribution in [1.82, 2.24) is 9.38 Å². The number of aromatic nitrogens is 2. The van der Waals surface area contributed by atoms with Crippen molar-refractivity contribution in [2.45, 2.75) is 0 Å². The average Bonchev–Trinajstić information content (AvgIpc) is 2.60. The molecule has 0 fully saturated rings. The lowest BCUT2D eigenvalue weighted by Crippen LogP contribution is -1.85. The molecule has 15 heavy (non-hydrogen) atoms. The third-order valence-corrected chi connectivity index (χ3v) is 3.23. The summed E-state index contributed by atoms with van der Waals surface area (Å²) in [6, 6.07) is 7.85. The minimum atomic E-state index is 0.748. The maximum Gasteiger partial charge on any atom is 0.145 e. The number of hydrogen-bond acceptors (Lipinski definition) is 1. The first kappa shape index (κ1) is 9.19. The van der Waals surface area contributed by atoms with Gasteiger partial charge in [0.2, 0.25) is 0 Å². The summed E-state index contributed by atoms with van der Waals surface area (Å²) in [7, 11) is 0. The van der Waals surface area contributed by atoms with Gasteiger partial charge in [0.1, 0.15) is 10.3 Å². The number of hydrogen-bond donors (Lipinski definition) is 0. The SMILES string of the molecule is Clc1ccc2c(ccn3c(Br)cnc23)c1. The Balaban J connectivity index is 2.55. The quantitative estimate of drug-likeness (QED) is 0.611. The van der Waals surface area contributed by atoms with Crippen LogP contribution in [0.3, 0.4) is 0 Å². The Bertz CT molecular complexity index is 660. The monoisotopic (exact) mass is 280 g/mol. The van der Waals surface area contributed by atoms with Crippen LogP contribution < -0.4 is 0 Å². The predicted octanol–water partition coefficient (Wildman–Crippen LogP) is 3.90. The van der Waals surface area contributed by atoms with Crippen LogP contribution >= 0.6 is 27.5 Å². The molecule has 0 saturated heterocycles. The molecule has 4 heteroatoms. The third kappa shape index (κ3) is 1.34. The maximum absolute atomic E-state index is 5.94. The van der Waals surface area contributed by atoms with Crippen LogP contribution in [0.5, 0.6) is 0 Å². The van der Waals surface area contributed by atoms with Crippen molar-refractivity contribution in [3.8, 4) is 0 Å². The minimum Gasteiger partial charge on any atom is -0.294 e. The molecule has 0 spiro atoms. The predicted molar refractivity (Wildman–Crippen MR) is 65.4 cm³/mol. The van der Waals surface area contributed by atoms with Gasteiger partial charge in [-0.25, -0.2) is 4.98 Å². The fraction of sp³-hybridized carbons (Fsp3) is 0. The first-order valence-electron chi connectivity index (χ1n) is 4.46. The van der Waals surface area contributed by atoms with Gasteiger partial charge in [0.15, 0.2) is 0 Å². The van der Waals surface area contributed by atoms with E-state index < -0.39 is 0 Å². The summed E-state index contributed by atoms with van der Waals surface area (Å²) < 4.78 is 2.95. The van der Waals surface area contributed by atoms with E-state index >= 15 is 0 Å². The van der Waals surface area contributed by atoms with Crippen molar-refractivity contribution >= 4 is 44.0 Å². The number of halogens is 2. The smallest absolute Gasteiger partial charge is 0.145 e. The van der Waals surface area contributed by atoms with Crippen molar-refractivity contribution in [2.24, 2.45) is 0 Å². The lowest BCUT2D eigenvalue weighted by molar-refractivity contribution is 1.17. The Morgan fingerprint density at radius 1 is 1.27 bits per heavy atom. The number of pyridine rings is 1. The van der Waals surface area contributed by atoms with Gasteiger partial charge in [0.05, 0.1) is 6.20 Å². The zero-order chi connectivity index (χ0) is 10.4. The van der Waals surface area contributed by atoms with Gasteiger partial charge in [0, 0.05) is 16.6 Å². The van der Waals surface area contributed by atoms with E-state index in [-0.39, 0.29) is 0 Å². The van der Waals surface area contributed by atoms with Gasteiger partial charge >= 0.3 is 0 Å². The highest BCUT2D eigenvalue weighted by Crippen LogP contribution is 2.24. The van der Waals surface area contributed by atoms with E-state index in [2.05, 4.69) is 20.9 Å². The fourth-order valence-electron chi connectivity index (χ4n) is 1.71. The van der Waals surface area contributed by atoms with Crippen molar-refractivity contribution in [2.75, 3.05) is 0 Å². The molecular formula is C11H6BrClN2. The van der Waals surface area contributed by atoms with E-state index in [4.69, 9.17) is 11.6 Å². The molecule has 2 nitrogen and oxygen atoms in total. The summed E-state index contributed by atoms with van der Waals surface area (Å²) in [6.07, 6.45) is 3.77. The van der Waals surface area contributed by atoms with Crippen molar-refractivity contribution in [3.05, 3.63) is 46.3 Å². The third-order valence-electron chi connectivity index (χ3n) is 2.41. The van der Waals surface area contributed by atoms with Gasteiger partial charge in [0.25, 0.3) is 0 Å². The van der Waals surface area contributed by atoms with Crippen LogP contribution in [-0.2, 0) is 0 Å². The maximum atomic E-state index is 5.94. The van der Waals surface area contributed by atoms with E-state index in [1.54, 1.807) is 6.20 Å². The number of benzene rings is 1. The Kier molecular flexibility index (Phi) is 1.97. The van der Waals surface area contributed by atoms with Gasteiger partial charge in [-0.15, -0.1) is 0 Å². The van der Waals surface area contributed by atoms with Crippen molar-refractivity contribution < 1.29 is 0 Å². The molecule has 0 radical (unpaired) electrons. The highest BCUT2D eigenvalue weighted by Gasteiger charge is 2.04. The molecule has 0 aliphatic rings. The highest BCUT2D eigenvalue weighted by atomic mass is 79.9. The Labute approximate surface area is 99.6 Å². The van der Waals surface area contributed by atoms with Crippen LogP contribution in [0.2, 0.25) is 5.02 Å². The molecule has 0 N–H and O–H groups in total. The summed E-state index contributed by atoms with van der Waals surface area (Å²) in [5, 5.41) is 2.96. The zero-order valence-corrected chi connectivity index (χ0v) is 9.96. The summed E-state index contributed by atoms with van der Waals surface area (Å²) in [4.78, 5) is 4.35. The van der Waals surface area contributed by atoms with E-state index in [0.717, 1.165) is 26.0 Å².